The molecule has 2 aromatic rings. The van der Waals surface area contributed by atoms with Crippen molar-refractivity contribution < 1.29 is 4.39 Å². The molecule has 114 valence electrons. The molecule has 21 heavy (non-hydrogen) atoms. The van der Waals surface area contributed by atoms with Crippen molar-refractivity contribution in [3.8, 4) is 0 Å². The number of nitrogens with zero attached hydrogens (tertiary/aromatic N) is 2. The van der Waals surface area contributed by atoms with Crippen molar-refractivity contribution in [2.24, 2.45) is 0 Å². The van der Waals surface area contributed by atoms with Gasteiger partial charge in [0.2, 0.25) is 0 Å². The molecule has 1 heterocycles. The zero-order valence-electron chi connectivity index (χ0n) is 12.7. The first kappa shape index (κ1) is 16.0. The molecule has 3 nitrogen and oxygen atoms in total. The summed E-state index contributed by atoms with van der Waals surface area (Å²) in [7, 11) is 1.89. The van der Waals surface area contributed by atoms with Gasteiger partial charge in [0.25, 0.3) is 0 Å². The highest BCUT2D eigenvalue weighted by Gasteiger charge is 2.18. The largest absolute Gasteiger partial charge is 0.316 e. The highest BCUT2D eigenvalue weighted by Crippen LogP contribution is 2.22. The molecule has 0 amide bonds. The number of nitrogens with one attached hydrogen (secondary N) is 1. The summed E-state index contributed by atoms with van der Waals surface area (Å²) in [6, 6.07) is 7.00. The SMILES string of the molecule is CCn1nc(C)c(Cl)c1CC(Cc1ccccc1F)NC. The molecule has 0 aliphatic rings. The molecule has 0 saturated heterocycles. The third-order valence-corrected chi connectivity index (χ3v) is 4.22. The van der Waals surface area contributed by atoms with Crippen molar-refractivity contribution in [2.45, 2.75) is 39.3 Å². The van der Waals surface area contributed by atoms with Gasteiger partial charge < -0.3 is 5.32 Å². The summed E-state index contributed by atoms with van der Waals surface area (Å²) >= 11 is 6.34. The minimum absolute atomic E-state index is 0.112. The molecular formula is C16H21ClFN3. The van der Waals surface area contributed by atoms with Crippen LogP contribution in [-0.4, -0.2) is 22.9 Å². The van der Waals surface area contributed by atoms with Crippen molar-refractivity contribution in [2.75, 3.05) is 7.05 Å². The first-order valence-corrected chi connectivity index (χ1v) is 7.57. The van der Waals surface area contributed by atoms with Crippen LogP contribution in [0.15, 0.2) is 24.3 Å². The number of hydrogen-bond acceptors (Lipinski definition) is 2. The smallest absolute Gasteiger partial charge is 0.126 e. The fourth-order valence-electron chi connectivity index (χ4n) is 2.50. The summed E-state index contributed by atoms with van der Waals surface area (Å²) in [5, 5.41) is 8.38. The second-order valence-corrected chi connectivity index (χ2v) is 5.53. The van der Waals surface area contributed by atoms with Crippen molar-refractivity contribution in [1.82, 2.24) is 15.1 Å². The fourth-order valence-corrected chi connectivity index (χ4v) is 2.72. The Balaban J connectivity index is 2.18. The zero-order valence-corrected chi connectivity index (χ0v) is 13.4. The van der Waals surface area contributed by atoms with E-state index in [9.17, 15) is 4.39 Å². The van der Waals surface area contributed by atoms with E-state index in [0.29, 0.717) is 17.0 Å². The maximum absolute atomic E-state index is 13.8. The predicted octanol–water partition coefficient (Wildman–Crippen LogP) is 3.38. The zero-order chi connectivity index (χ0) is 15.4. The molecule has 1 aromatic carbocycles. The third-order valence-electron chi connectivity index (χ3n) is 3.72. The van der Waals surface area contributed by atoms with Crippen LogP contribution in [0.1, 0.15) is 23.9 Å². The van der Waals surface area contributed by atoms with Gasteiger partial charge in [0.1, 0.15) is 5.82 Å². The molecule has 0 radical (unpaired) electrons. The maximum Gasteiger partial charge on any atom is 0.126 e. The van der Waals surface area contributed by atoms with E-state index in [2.05, 4.69) is 10.4 Å². The topological polar surface area (TPSA) is 29.9 Å². The highest BCUT2D eigenvalue weighted by atomic mass is 35.5. The molecule has 2 rings (SSSR count). The van der Waals surface area contributed by atoms with Crippen LogP contribution in [-0.2, 0) is 19.4 Å². The van der Waals surface area contributed by atoms with Gasteiger partial charge in [-0.05, 0) is 38.9 Å². The lowest BCUT2D eigenvalue weighted by Gasteiger charge is -2.17. The Hall–Kier alpha value is -1.39. The van der Waals surface area contributed by atoms with Gasteiger partial charge in [-0.3, -0.25) is 4.68 Å². The fraction of sp³-hybridized carbons (Fsp3) is 0.438. The Kier molecular flexibility index (Phi) is 5.37. The number of aromatic nitrogens is 2. The second kappa shape index (κ2) is 7.05. The minimum atomic E-state index is -0.163. The molecule has 1 N–H and O–H groups in total. The molecule has 0 bridgehead atoms. The number of rotatable bonds is 6. The Morgan fingerprint density at radius 3 is 2.67 bits per heavy atom. The van der Waals surface area contributed by atoms with E-state index >= 15 is 0 Å². The van der Waals surface area contributed by atoms with E-state index in [0.717, 1.165) is 24.4 Å². The van der Waals surface area contributed by atoms with E-state index in [-0.39, 0.29) is 11.9 Å². The van der Waals surface area contributed by atoms with Crippen molar-refractivity contribution >= 4 is 11.6 Å². The molecule has 0 saturated carbocycles. The van der Waals surface area contributed by atoms with Gasteiger partial charge in [-0.2, -0.15) is 5.10 Å². The van der Waals surface area contributed by atoms with Crippen molar-refractivity contribution in [3.05, 3.63) is 52.1 Å². The van der Waals surface area contributed by atoms with Crippen LogP contribution in [0.3, 0.4) is 0 Å². The predicted molar refractivity (Wildman–Crippen MR) is 84.3 cm³/mol. The standard InChI is InChI=1S/C16H21ClFN3/c1-4-21-15(16(17)11(2)20-21)10-13(19-3)9-12-7-5-6-8-14(12)18/h5-8,13,19H,4,9-10H2,1-3H3. The first-order chi connectivity index (χ1) is 10.1. The van der Waals surface area contributed by atoms with Crippen molar-refractivity contribution in [3.63, 3.8) is 0 Å². The minimum Gasteiger partial charge on any atom is -0.316 e. The maximum atomic E-state index is 13.8. The molecule has 0 fully saturated rings. The lowest BCUT2D eigenvalue weighted by atomic mass is 10.0. The number of hydrogen-bond donors (Lipinski definition) is 1. The van der Waals surface area contributed by atoms with Crippen LogP contribution >= 0.6 is 11.6 Å². The van der Waals surface area contributed by atoms with Gasteiger partial charge in [0, 0.05) is 19.0 Å². The Morgan fingerprint density at radius 1 is 1.33 bits per heavy atom. The van der Waals surface area contributed by atoms with Gasteiger partial charge in [0.05, 0.1) is 16.4 Å². The van der Waals surface area contributed by atoms with E-state index in [1.807, 2.05) is 37.7 Å². The summed E-state index contributed by atoms with van der Waals surface area (Å²) in [5.41, 5.74) is 2.56. The average molecular weight is 310 g/mol. The number of aryl methyl sites for hydroxylation is 2. The van der Waals surface area contributed by atoms with Crippen LogP contribution in [0.2, 0.25) is 5.02 Å². The van der Waals surface area contributed by atoms with Crippen LogP contribution in [0.5, 0.6) is 0 Å². The summed E-state index contributed by atoms with van der Waals surface area (Å²) in [6.45, 7) is 4.72. The summed E-state index contributed by atoms with van der Waals surface area (Å²) in [5.74, 6) is -0.163. The molecule has 0 aliphatic carbocycles. The van der Waals surface area contributed by atoms with Gasteiger partial charge in [0.15, 0.2) is 0 Å². The first-order valence-electron chi connectivity index (χ1n) is 7.19. The van der Waals surface area contributed by atoms with E-state index in [1.165, 1.54) is 6.07 Å². The monoisotopic (exact) mass is 309 g/mol. The lowest BCUT2D eigenvalue weighted by molar-refractivity contribution is 0.507. The molecule has 0 aliphatic heterocycles. The number of likely N-dealkylation sites (N-methyl/N-ethyl adjacent to an activating group) is 1. The number of benzene rings is 1. The summed E-state index contributed by atoms with van der Waals surface area (Å²) in [4.78, 5) is 0. The molecule has 0 spiro atoms. The molecule has 5 heteroatoms. The summed E-state index contributed by atoms with van der Waals surface area (Å²) < 4.78 is 15.7. The summed E-state index contributed by atoms with van der Waals surface area (Å²) in [6.07, 6.45) is 1.34. The molecular weight excluding hydrogens is 289 g/mol. The Morgan fingerprint density at radius 2 is 2.05 bits per heavy atom. The third kappa shape index (κ3) is 3.63. The quantitative estimate of drug-likeness (QED) is 0.886. The van der Waals surface area contributed by atoms with Crippen LogP contribution in [0.25, 0.3) is 0 Å². The second-order valence-electron chi connectivity index (χ2n) is 5.15. The average Bonchev–Trinajstić information content (AvgIpc) is 2.76. The normalized spacial score (nSPS) is 12.6. The van der Waals surface area contributed by atoms with E-state index < -0.39 is 0 Å². The van der Waals surface area contributed by atoms with Crippen molar-refractivity contribution in [1.29, 1.82) is 0 Å². The Labute approximate surface area is 130 Å². The molecule has 1 atom stereocenters. The molecule has 1 unspecified atom stereocenters. The highest BCUT2D eigenvalue weighted by molar-refractivity contribution is 6.31. The van der Waals surface area contributed by atoms with E-state index in [4.69, 9.17) is 11.6 Å². The lowest BCUT2D eigenvalue weighted by Crippen LogP contribution is -2.31. The van der Waals surface area contributed by atoms with Gasteiger partial charge >= 0.3 is 0 Å². The van der Waals surface area contributed by atoms with Gasteiger partial charge in [-0.15, -0.1) is 0 Å². The van der Waals surface area contributed by atoms with E-state index in [1.54, 1.807) is 6.07 Å². The Bertz CT molecular complexity index is 610. The van der Waals surface area contributed by atoms with Crippen LogP contribution < -0.4 is 5.32 Å². The van der Waals surface area contributed by atoms with Gasteiger partial charge in [-0.25, -0.2) is 4.39 Å². The van der Waals surface area contributed by atoms with Crippen LogP contribution in [0, 0.1) is 12.7 Å². The van der Waals surface area contributed by atoms with Crippen LogP contribution in [0.4, 0.5) is 4.39 Å². The van der Waals surface area contributed by atoms with Gasteiger partial charge in [-0.1, -0.05) is 29.8 Å². The number of halogens is 2. The molecule has 1 aromatic heterocycles.